The van der Waals surface area contributed by atoms with Crippen LogP contribution in [0.2, 0.25) is 0 Å². The van der Waals surface area contributed by atoms with E-state index >= 15 is 0 Å². The van der Waals surface area contributed by atoms with Gasteiger partial charge in [-0.3, -0.25) is 23.7 Å². The lowest BCUT2D eigenvalue weighted by Gasteiger charge is -2.29. The molecular weight excluding hydrogens is 578 g/mol. The van der Waals surface area contributed by atoms with Crippen LogP contribution in [0.15, 0.2) is 81.2 Å². The fraction of sp³-hybridized carbons (Fsp3) is 0.233. The Labute approximate surface area is 248 Å². The predicted octanol–water partition coefficient (Wildman–Crippen LogP) is 4.42. The molecule has 0 spiro atoms. The van der Waals surface area contributed by atoms with E-state index in [2.05, 4.69) is 5.32 Å². The molecule has 0 saturated carbocycles. The highest BCUT2D eigenvalue weighted by Crippen LogP contribution is 2.53. The van der Waals surface area contributed by atoms with Crippen molar-refractivity contribution in [3.63, 3.8) is 0 Å². The van der Waals surface area contributed by atoms with E-state index < -0.39 is 40.8 Å². The van der Waals surface area contributed by atoms with Gasteiger partial charge in [-0.1, -0.05) is 35.2 Å². The molecule has 1 fully saturated rings. The van der Waals surface area contributed by atoms with Gasteiger partial charge in [0.05, 0.1) is 45.9 Å². The number of aryl methyl sites for hydroxylation is 1. The van der Waals surface area contributed by atoms with Gasteiger partial charge in [-0.05, 0) is 67.9 Å². The Morgan fingerprint density at radius 1 is 1.02 bits per heavy atom. The second-order valence-electron chi connectivity index (χ2n) is 9.88. The molecule has 2 aliphatic rings. The number of thioether (sulfide) groups is 1. The Balaban J connectivity index is 1.34. The Hall–Kier alpha value is -4.42. The molecular formula is C30H25N3O7S2. The maximum Gasteiger partial charge on any atom is 0.338 e. The minimum absolute atomic E-state index is 0.223. The molecule has 0 aliphatic carbocycles. The molecule has 42 heavy (non-hydrogen) atoms. The summed E-state index contributed by atoms with van der Waals surface area (Å²) in [4.78, 5) is 67.3. The molecule has 0 radical (unpaired) electrons. The standard InChI is InChI=1S/C30H25N3O7S2/c1-3-39-29(37)17-9-11-19(12-10-17)33-26(35)23-22(20-8-5-13-40-20)25-28(41-24(23)27(33)36)32(30(38)42-25)15-21(34)31-18-7-4-6-16(2)14-18/h4-14,22-24H,3,15H2,1-2H3,(H,31,34). The van der Waals surface area contributed by atoms with Crippen LogP contribution in [-0.2, 0) is 25.7 Å². The van der Waals surface area contributed by atoms with Crippen LogP contribution in [0.1, 0.15) is 39.4 Å². The van der Waals surface area contributed by atoms with E-state index in [0.717, 1.165) is 33.6 Å². The smallest absolute Gasteiger partial charge is 0.338 e. The number of hydrogen-bond acceptors (Lipinski definition) is 9. The van der Waals surface area contributed by atoms with Crippen molar-refractivity contribution in [3.05, 3.63) is 98.4 Å². The average Bonchev–Trinajstić information content (AvgIpc) is 3.66. The SMILES string of the molecule is CCOC(=O)c1ccc(N2C(=O)C3Sc4c(sc(=O)n4CC(=O)Nc4cccc(C)c4)C(c4ccco4)C3C2=O)cc1. The maximum atomic E-state index is 13.9. The van der Waals surface area contributed by atoms with Gasteiger partial charge < -0.3 is 14.5 Å². The number of benzene rings is 2. The third kappa shape index (κ3) is 4.86. The molecule has 3 amide bonds. The van der Waals surface area contributed by atoms with Crippen LogP contribution in [0.4, 0.5) is 11.4 Å². The highest BCUT2D eigenvalue weighted by Gasteiger charge is 2.57. The summed E-state index contributed by atoms with van der Waals surface area (Å²) in [5.41, 5.74) is 2.21. The molecule has 0 bridgehead atoms. The van der Waals surface area contributed by atoms with Gasteiger partial charge in [-0.2, -0.15) is 0 Å². The van der Waals surface area contributed by atoms with Gasteiger partial charge in [0.1, 0.15) is 17.6 Å². The number of nitrogens with zero attached hydrogens (tertiary/aromatic N) is 2. The molecule has 6 rings (SSSR count). The van der Waals surface area contributed by atoms with Crippen LogP contribution >= 0.6 is 23.1 Å². The molecule has 4 aromatic rings. The van der Waals surface area contributed by atoms with Gasteiger partial charge in [-0.25, -0.2) is 9.69 Å². The summed E-state index contributed by atoms with van der Waals surface area (Å²) in [5, 5.41) is 2.43. The summed E-state index contributed by atoms with van der Waals surface area (Å²) in [6, 6.07) is 16.8. The van der Waals surface area contributed by atoms with Crippen molar-refractivity contribution in [1.82, 2.24) is 4.57 Å². The van der Waals surface area contributed by atoms with Gasteiger partial charge >= 0.3 is 10.8 Å². The molecule has 3 unspecified atom stereocenters. The van der Waals surface area contributed by atoms with Crippen molar-refractivity contribution in [3.8, 4) is 0 Å². The van der Waals surface area contributed by atoms with E-state index in [-0.39, 0.29) is 18.0 Å². The third-order valence-corrected chi connectivity index (χ3v) is 9.74. The third-order valence-electron chi connectivity index (χ3n) is 7.14. The van der Waals surface area contributed by atoms with Gasteiger partial charge in [0.2, 0.25) is 17.7 Å². The zero-order valence-electron chi connectivity index (χ0n) is 22.6. The highest BCUT2D eigenvalue weighted by molar-refractivity contribution is 8.00. The first-order valence-corrected chi connectivity index (χ1v) is 14.9. The van der Waals surface area contributed by atoms with Crippen LogP contribution < -0.4 is 15.1 Å². The van der Waals surface area contributed by atoms with Gasteiger partial charge in [0, 0.05) is 5.69 Å². The summed E-state index contributed by atoms with van der Waals surface area (Å²) >= 11 is 2.06. The summed E-state index contributed by atoms with van der Waals surface area (Å²) in [6.45, 7) is 3.59. The van der Waals surface area contributed by atoms with E-state index in [1.807, 2.05) is 25.1 Å². The van der Waals surface area contributed by atoms with Crippen molar-refractivity contribution in [2.45, 2.75) is 36.6 Å². The zero-order chi connectivity index (χ0) is 29.5. The topological polar surface area (TPSA) is 128 Å². The largest absolute Gasteiger partial charge is 0.469 e. The lowest BCUT2D eigenvalue weighted by molar-refractivity contribution is -0.122. The maximum absolute atomic E-state index is 13.9. The number of anilines is 2. The summed E-state index contributed by atoms with van der Waals surface area (Å²) in [7, 11) is 0. The number of thiazole rings is 1. The Bertz CT molecular complexity index is 1760. The number of carbonyl (C=O) groups excluding carboxylic acids is 4. The molecule has 10 nitrogen and oxygen atoms in total. The van der Waals surface area contributed by atoms with Crippen molar-refractivity contribution in [2.75, 3.05) is 16.8 Å². The minimum Gasteiger partial charge on any atom is -0.469 e. The highest BCUT2D eigenvalue weighted by atomic mass is 32.2. The molecule has 2 aromatic carbocycles. The number of esters is 1. The molecule has 12 heteroatoms. The number of carbonyl (C=O) groups is 4. The number of amides is 3. The van der Waals surface area contributed by atoms with Crippen molar-refractivity contribution < 1.29 is 28.3 Å². The Kier molecular flexibility index (Phi) is 7.33. The first-order chi connectivity index (χ1) is 20.3. The monoisotopic (exact) mass is 603 g/mol. The van der Waals surface area contributed by atoms with Crippen LogP contribution in [0.25, 0.3) is 0 Å². The fourth-order valence-corrected chi connectivity index (χ4v) is 8.07. The molecule has 4 heterocycles. The Morgan fingerprint density at radius 2 is 1.81 bits per heavy atom. The van der Waals surface area contributed by atoms with E-state index in [9.17, 15) is 24.0 Å². The number of nitrogens with one attached hydrogen (secondary N) is 1. The van der Waals surface area contributed by atoms with Gasteiger partial charge in [-0.15, -0.1) is 0 Å². The van der Waals surface area contributed by atoms with Crippen molar-refractivity contribution >= 4 is 58.2 Å². The first kappa shape index (κ1) is 27.7. The van der Waals surface area contributed by atoms with Gasteiger partial charge in [0.15, 0.2) is 0 Å². The van der Waals surface area contributed by atoms with Crippen LogP contribution in [0.5, 0.6) is 0 Å². The fourth-order valence-electron chi connectivity index (χ4n) is 5.31. The molecule has 1 N–H and O–H groups in total. The van der Waals surface area contributed by atoms with Crippen LogP contribution in [-0.4, -0.2) is 40.1 Å². The number of furan rings is 1. The summed E-state index contributed by atoms with van der Waals surface area (Å²) in [5.74, 6) is -2.85. The lowest BCUT2D eigenvalue weighted by atomic mass is 9.87. The number of ether oxygens (including phenoxy) is 1. The number of hydrogen-bond donors (Lipinski definition) is 1. The second-order valence-corrected chi connectivity index (χ2v) is 12.0. The number of aromatic nitrogens is 1. The van der Waals surface area contributed by atoms with Crippen molar-refractivity contribution in [1.29, 1.82) is 0 Å². The van der Waals surface area contributed by atoms with E-state index in [1.165, 1.54) is 35.1 Å². The molecule has 2 aliphatic heterocycles. The summed E-state index contributed by atoms with van der Waals surface area (Å²) < 4.78 is 12.1. The van der Waals surface area contributed by atoms with Crippen molar-refractivity contribution in [2.24, 2.45) is 5.92 Å². The molecule has 214 valence electrons. The second kappa shape index (κ2) is 11.1. The average molecular weight is 604 g/mol. The molecule has 1 saturated heterocycles. The zero-order valence-corrected chi connectivity index (χ0v) is 24.2. The van der Waals surface area contributed by atoms with E-state index in [1.54, 1.807) is 25.1 Å². The van der Waals surface area contributed by atoms with Crippen LogP contribution in [0, 0.1) is 12.8 Å². The first-order valence-electron chi connectivity index (χ1n) is 13.2. The Morgan fingerprint density at radius 3 is 2.50 bits per heavy atom. The quantitative estimate of drug-likeness (QED) is 0.243. The lowest BCUT2D eigenvalue weighted by Crippen LogP contribution is -2.32. The number of fused-ring (bicyclic) bond motifs is 2. The molecule has 3 atom stereocenters. The summed E-state index contributed by atoms with van der Waals surface area (Å²) in [6.07, 6.45) is 1.48. The van der Waals surface area contributed by atoms with E-state index in [0.29, 0.717) is 32.6 Å². The van der Waals surface area contributed by atoms with E-state index in [4.69, 9.17) is 9.15 Å². The molecule has 2 aromatic heterocycles. The normalized spacial score (nSPS) is 19.4. The number of imide groups is 1. The predicted molar refractivity (Wildman–Crippen MR) is 157 cm³/mol. The minimum atomic E-state index is -0.857. The van der Waals surface area contributed by atoms with Gasteiger partial charge in [0.25, 0.3) is 0 Å². The number of rotatable bonds is 7. The van der Waals surface area contributed by atoms with Crippen LogP contribution in [0.3, 0.4) is 0 Å².